The number of rotatable bonds is 7. The van der Waals surface area contributed by atoms with E-state index in [0.29, 0.717) is 18.3 Å². The number of carbonyl (C=O) groups excluding carboxylic acids is 1. The summed E-state index contributed by atoms with van der Waals surface area (Å²) in [5.41, 5.74) is 1.98. The predicted octanol–water partition coefficient (Wildman–Crippen LogP) is 4.04. The molecule has 1 fully saturated rings. The third-order valence-corrected chi connectivity index (χ3v) is 6.93. The maximum atomic E-state index is 12.7. The van der Waals surface area contributed by atoms with E-state index in [1.165, 1.54) is 11.8 Å². The number of pyridine rings is 1. The summed E-state index contributed by atoms with van der Waals surface area (Å²) in [6.45, 7) is 0.510. The monoisotopic (exact) mass is 436 g/mol. The highest BCUT2D eigenvalue weighted by Gasteiger charge is 2.30. The number of amides is 1. The van der Waals surface area contributed by atoms with Gasteiger partial charge < -0.3 is 4.90 Å². The van der Waals surface area contributed by atoms with Gasteiger partial charge >= 0.3 is 0 Å². The summed E-state index contributed by atoms with van der Waals surface area (Å²) in [7, 11) is 1.82. The number of hydrogen-bond acceptors (Lipinski definition) is 7. The summed E-state index contributed by atoms with van der Waals surface area (Å²) in [5, 5.41) is 10.5. The molecule has 0 unspecified atom stereocenters. The average Bonchev–Trinajstić information content (AvgIpc) is 3.38. The second-order valence-corrected chi connectivity index (χ2v) is 9.31. The fraction of sp³-hybridized carbons (Fsp3) is 0.286. The molecule has 1 aliphatic carbocycles. The smallest absolute Gasteiger partial charge is 0.233 e. The standard InChI is InChI=1S/C21H20N6OS2/c1-26(12-18-23-16-4-2-3-5-17(16)30-18)19(28)13-29-21-25-24-20(27(21)15-6-7-15)14-8-10-22-11-9-14/h2-5,8-11,15H,6-7,12-13H2,1H3. The second-order valence-electron chi connectivity index (χ2n) is 7.26. The molecule has 30 heavy (non-hydrogen) atoms. The Balaban J connectivity index is 1.26. The van der Waals surface area contributed by atoms with Crippen molar-refractivity contribution in [2.75, 3.05) is 12.8 Å². The van der Waals surface area contributed by atoms with Crippen LogP contribution in [-0.2, 0) is 11.3 Å². The first-order valence-electron chi connectivity index (χ1n) is 9.75. The van der Waals surface area contributed by atoms with E-state index in [-0.39, 0.29) is 5.91 Å². The van der Waals surface area contributed by atoms with Gasteiger partial charge in [0.15, 0.2) is 11.0 Å². The molecule has 0 spiro atoms. The minimum absolute atomic E-state index is 0.0510. The van der Waals surface area contributed by atoms with Crippen LogP contribution in [0.2, 0.25) is 0 Å². The van der Waals surface area contributed by atoms with E-state index in [2.05, 4.69) is 30.8 Å². The number of fused-ring (bicyclic) bond motifs is 1. The number of benzene rings is 1. The minimum atomic E-state index is 0.0510. The third kappa shape index (κ3) is 3.95. The summed E-state index contributed by atoms with van der Waals surface area (Å²) < 4.78 is 3.31. The van der Waals surface area contributed by atoms with Crippen molar-refractivity contribution in [3.63, 3.8) is 0 Å². The van der Waals surface area contributed by atoms with Crippen LogP contribution in [-0.4, -0.2) is 48.3 Å². The Kier molecular flexibility index (Phi) is 5.22. The normalized spacial score (nSPS) is 13.6. The Morgan fingerprint density at radius 2 is 2.00 bits per heavy atom. The first-order chi connectivity index (χ1) is 14.7. The van der Waals surface area contributed by atoms with Crippen molar-refractivity contribution >= 4 is 39.2 Å². The van der Waals surface area contributed by atoms with Crippen molar-refractivity contribution in [1.82, 2.24) is 29.6 Å². The van der Waals surface area contributed by atoms with E-state index < -0.39 is 0 Å². The molecule has 4 aromatic rings. The molecule has 0 saturated heterocycles. The van der Waals surface area contributed by atoms with Crippen molar-refractivity contribution < 1.29 is 4.79 Å². The molecule has 0 radical (unpaired) electrons. The topological polar surface area (TPSA) is 76.8 Å². The molecule has 1 saturated carbocycles. The van der Waals surface area contributed by atoms with Gasteiger partial charge in [0.25, 0.3) is 0 Å². The lowest BCUT2D eigenvalue weighted by atomic mass is 10.2. The summed E-state index contributed by atoms with van der Waals surface area (Å²) in [4.78, 5) is 23.2. The molecule has 1 aliphatic rings. The van der Waals surface area contributed by atoms with Crippen LogP contribution in [0.15, 0.2) is 53.9 Å². The maximum absolute atomic E-state index is 12.7. The van der Waals surface area contributed by atoms with Crippen molar-refractivity contribution in [1.29, 1.82) is 0 Å². The first kappa shape index (κ1) is 19.2. The fourth-order valence-electron chi connectivity index (χ4n) is 3.25. The highest BCUT2D eigenvalue weighted by molar-refractivity contribution is 7.99. The first-order valence-corrected chi connectivity index (χ1v) is 11.6. The van der Waals surface area contributed by atoms with Crippen LogP contribution in [0.4, 0.5) is 0 Å². The number of para-hydroxylation sites is 1. The van der Waals surface area contributed by atoms with Gasteiger partial charge in [0.2, 0.25) is 5.91 Å². The van der Waals surface area contributed by atoms with Gasteiger partial charge in [-0.2, -0.15) is 0 Å². The molecular formula is C21H20N6OS2. The van der Waals surface area contributed by atoms with Gasteiger partial charge in [-0.25, -0.2) is 4.98 Å². The minimum Gasteiger partial charge on any atom is -0.338 e. The van der Waals surface area contributed by atoms with Crippen molar-refractivity contribution in [3.8, 4) is 11.4 Å². The van der Waals surface area contributed by atoms with E-state index in [1.807, 2.05) is 37.4 Å². The fourth-order valence-corrected chi connectivity index (χ4v) is 5.22. The molecule has 3 aromatic heterocycles. The highest BCUT2D eigenvalue weighted by atomic mass is 32.2. The zero-order valence-corrected chi connectivity index (χ0v) is 18.1. The van der Waals surface area contributed by atoms with E-state index in [9.17, 15) is 4.79 Å². The zero-order valence-electron chi connectivity index (χ0n) is 16.4. The van der Waals surface area contributed by atoms with Crippen LogP contribution in [0.5, 0.6) is 0 Å². The Morgan fingerprint density at radius 1 is 1.20 bits per heavy atom. The number of hydrogen-bond donors (Lipinski definition) is 0. The van der Waals surface area contributed by atoms with Gasteiger partial charge in [0, 0.05) is 31.0 Å². The molecule has 9 heteroatoms. The quantitative estimate of drug-likeness (QED) is 0.407. The van der Waals surface area contributed by atoms with E-state index in [1.54, 1.807) is 28.6 Å². The highest BCUT2D eigenvalue weighted by Crippen LogP contribution is 2.41. The Morgan fingerprint density at radius 3 is 2.77 bits per heavy atom. The summed E-state index contributed by atoms with van der Waals surface area (Å²) in [5.74, 6) is 1.22. The maximum Gasteiger partial charge on any atom is 0.233 e. The number of nitrogens with zero attached hydrogens (tertiary/aromatic N) is 6. The predicted molar refractivity (Wildman–Crippen MR) is 118 cm³/mol. The van der Waals surface area contributed by atoms with E-state index in [0.717, 1.165) is 44.6 Å². The van der Waals surface area contributed by atoms with Crippen LogP contribution in [0.1, 0.15) is 23.9 Å². The van der Waals surface area contributed by atoms with Gasteiger partial charge in [-0.15, -0.1) is 21.5 Å². The Labute approximate surface area is 182 Å². The van der Waals surface area contributed by atoms with Gasteiger partial charge in [0.05, 0.1) is 22.5 Å². The number of thiazole rings is 1. The van der Waals surface area contributed by atoms with E-state index >= 15 is 0 Å². The van der Waals surface area contributed by atoms with Crippen molar-refractivity contribution in [3.05, 3.63) is 53.8 Å². The zero-order chi connectivity index (χ0) is 20.5. The molecule has 1 aromatic carbocycles. The number of thioether (sulfide) groups is 1. The molecule has 5 rings (SSSR count). The second kappa shape index (κ2) is 8.16. The lowest BCUT2D eigenvalue weighted by Gasteiger charge is -2.15. The molecule has 3 heterocycles. The molecular weight excluding hydrogens is 416 g/mol. The van der Waals surface area contributed by atoms with Crippen molar-refractivity contribution in [2.45, 2.75) is 30.6 Å². The van der Waals surface area contributed by atoms with Gasteiger partial charge in [-0.1, -0.05) is 23.9 Å². The number of aromatic nitrogens is 5. The van der Waals surface area contributed by atoms with Gasteiger partial charge in [-0.05, 0) is 37.1 Å². The summed E-state index contributed by atoms with van der Waals surface area (Å²) in [6, 6.07) is 12.3. The Bertz CT molecular complexity index is 1150. The van der Waals surface area contributed by atoms with Crippen molar-refractivity contribution in [2.24, 2.45) is 0 Å². The van der Waals surface area contributed by atoms with Gasteiger partial charge in [0.1, 0.15) is 5.01 Å². The molecule has 152 valence electrons. The molecule has 7 nitrogen and oxygen atoms in total. The molecule has 0 aliphatic heterocycles. The Hall–Kier alpha value is -2.78. The van der Waals surface area contributed by atoms with Crippen LogP contribution < -0.4 is 0 Å². The summed E-state index contributed by atoms with van der Waals surface area (Å²) >= 11 is 3.08. The van der Waals surface area contributed by atoms with Crippen LogP contribution in [0, 0.1) is 0 Å². The molecule has 0 atom stereocenters. The molecule has 0 bridgehead atoms. The van der Waals surface area contributed by atoms with Crippen LogP contribution >= 0.6 is 23.1 Å². The van der Waals surface area contributed by atoms with E-state index in [4.69, 9.17) is 0 Å². The summed E-state index contributed by atoms with van der Waals surface area (Å²) in [6.07, 6.45) is 5.76. The molecule has 0 N–H and O–H groups in total. The number of carbonyl (C=O) groups is 1. The SMILES string of the molecule is CN(Cc1nc2ccccc2s1)C(=O)CSc1nnc(-c2ccncc2)n1C1CC1. The van der Waals surface area contributed by atoms with Crippen LogP contribution in [0.3, 0.4) is 0 Å². The average molecular weight is 437 g/mol. The largest absolute Gasteiger partial charge is 0.338 e. The van der Waals surface area contributed by atoms with Crippen LogP contribution in [0.25, 0.3) is 21.6 Å². The third-order valence-electron chi connectivity index (χ3n) is 4.98. The molecule has 1 amide bonds. The van der Waals surface area contributed by atoms with Gasteiger partial charge in [-0.3, -0.25) is 14.3 Å². The lowest BCUT2D eigenvalue weighted by Crippen LogP contribution is -2.27. The lowest BCUT2D eigenvalue weighted by molar-refractivity contribution is -0.127.